The van der Waals surface area contributed by atoms with Gasteiger partial charge in [0.1, 0.15) is 12.4 Å². The number of aryl methyl sites for hydroxylation is 2. The second-order valence-electron chi connectivity index (χ2n) is 11.0. The number of fused-ring (bicyclic) bond motifs is 1. The Kier molecular flexibility index (Phi) is 9.07. The molecule has 2 aliphatic rings. The molecule has 5 rings (SSSR count). The number of para-hydroxylation sites is 1. The molecule has 1 spiro atoms. The monoisotopic (exact) mass is 515 g/mol. The maximum Gasteiger partial charge on any atom is 0.222 e. The molecule has 1 fully saturated rings. The number of rotatable bonds is 6. The van der Waals surface area contributed by atoms with Gasteiger partial charge in [-0.05, 0) is 73.3 Å². The molecule has 1 saturated heterocycles. The van der Waals surface area contributed by atoms with Crippen molar-refractivity contribution in [1.82, 2.24) is 24.3 Å². The molecule has 0 radical (unpaired) electrons. The van der Waals surface area contributed by atoms with E-state index in [1.165, 1.54) is 30.4 Å². The number of likely N-dealkylation sites (tertiary alicyclic amines) is 1. The SMILES string of the molecule is O=C(CCCn1ccnc1)N1CCC2(CCCCc3ccccc3OCCN(Cc3ccncc3)C2)CC1. The van der Waals surface area contributed by atoms with E-state index in [0.717, 1.165) is 70.7 Å². The zero-order valence-corrected chi connectivity index (χ0v) is 22.5. The summed E-state index contributed by atoms with van der Waals surface area (Å²) in [6.45, 7) is 6.08. The van der Waals surface area contributed by atoms with Crippen LogP contribution in [-0.4, -0.2) is 63.0 Å². The van der Waals surface area contributed by atoms with Gasteiger partial charge in [0, 0.05) is 70.5 Å². The van der Waals surface area contributed by atoms with Gasteiger partial charge in [-0.2, -0.15) is 0 Å². The zero-order chi connectivity index (χ0) is 26.0. The standard InChI is InChI=1S/C31H41N5O2/c37-30(9-5-18-34-21-17-33-26-34)36-19-13-31(14-20-36)12-4-3-7-28-6-1-2-8-29(28)38-23-22-35(25-31)24-27-10-15-32-16-11-27/h1-2,6,8,10-11,15-17,21,26H,3-5,7,9,12-14,18-20,22-25H2. The van der Waals surface area contributed by atoms with E-state index in [4.69, 9.17) is 4.74 Å². The molecule has 202 valence electrons. The number of benzene rings is 1. The van der Waals surface area contributed by atoms with E-state index in [0.29, 0.717) is 18.9 Å². The summed E-state index contributed by atoms with van der Waals surface area (Å²) in [6.07, 6.45) is 17.6. The molecule has 0 atom stereocenters. The number of amides is 1. The third-order valence-electron chi connectivity index (χ3n) is 8.30. The van der Waals surface area contributed by atoms with Crippen LogP contribution in [0.1, 0.15) is 56.1 Å². The summed E-state index contributed by atoms with van der Waals surface area (Å²) in [7, 11) is 0. The van der Waals surface area contributed by atoms with Crippen molar-refractivity contribution in [2.75, 3.05) is 32.8 Å². The van der Waals surface area contributed by atoms with Gasteiger partial charge in [-0.3, -0.25) is 14.7 Å². The largest absolute Gasteiger partial charge is 0.492 e. The highest BCUT2D eigenvalue weighted by Crippen LogP contribution is 2.39. The summed E-state index contributed by atoms with van der Waals surface area (Å²) >= 11 is 0. The van der Waals surface area contributed by atoms with E-state index in [1.807, 2.05) is 29.5 Å². The molecule has 7 nitrogen and oxygen atoms in total. The molecule has 0 saturated carbocycles. The molecule has 7 heteroatoms. The van der Waals surface area contributed by atoms with Crippen LogP contribution in [0.25, 0.3) is 0 Å². The van der Waals surface area contributed by atoms with Gasteiger partial charge in [-0.1, -0.05) is 24.6 Å². The van der Waals surface area contributed by atoms with Crippen molar-refractivity contribution in [1.29, 1.82) is 0 Å². The minimum Gasteiger partial charge on any atom is -0.492 e. The van der Waals surface area contributed by atoms with Crippen LogP contribution in [0.5, 0.6) is 5.75 Å². The van der Waals surface area contributed by atoms with Crippen molar-refractivity contribution < 1.29 is 9.53 Å². The Hall–Kier alpha value is -3.19. The average Bonchev–Trinajstić information content (AvgIpc) is 3.46. The maximum absolute atomic E-state index is 13.0. The Balaban J connectivity index is 1.24. The van der Waals surface area contributed by atoms with Crippen LogP contribution in [0.4, 0.5) is 0 Å². The van der Waals surface area contributed by atoms with Gasteiger partial charge in [0.05, 0.1) is 6.33 Å². The van der Waals surface area contributed by atoms with Gasteiger partial charge in [0.25, 0.3) is 0 Å². The number of piperidine rings is 1. The van der Waals surface area contributed by atoms with Crippen LogP contribution in [-0.2, 0) is 24.3 Å². The van der Waals surface area contributed by atoms with E-state index >= 15 is 0 Å². The van der Waals surface area contributed by atoms with E-state index < -0.39 is 0 Å². The number of nitrogens with zero attached hydrogens (tertiary/aromatic N) is 5. The van der Waals surface area contributed by atoms with Gasteiger partial charge < -0.3 is 14.2 Å². The van der Waals surface area contributed by atoms with Gasteiger partial charge in [-0.25, -0.2) is 4.98 Å². The molecule has 1 aromatic carbocycles. The second-order valence-corrected chi connectivity index (χ2v) is 11.0. The fourth-order valence-electron chi connectivity index (χ4n) is 6.09. The Morgan fingerprint density at radius 1 is 0.947 bits per heavy atom. The minimum atomic E-state index is 0.235. The number of carbonyl (C=O) groups is 1. The van der Waals surface area contributed by atoms with E-state index in [-0.39, 0.29) is 5.41 Å². The fraction of sp³-hybridized carbons (Fsp3) is 0.516. The highest BCUT2D eigenvalue weighted by atomic mass is 16.5. The quantitative estimate of drug-likeness (QED) is 0.464. The number of imidazole rings is 1. The molecule has 3 aromatic rings. The summed E-state index contributed by atoms with van der Waals surface area (Å²) < 4.78 is 8.35. The van der Waals surface area contributed by atoms with Crippen molar-refractivity contribution in [3.05, 3.63) is 78.6 Å². The maximum atomic E-state index is 13.0. The van der Waals surface area contributed by atoms with Crippen LogP contribution >= 0.6 is 0 Å². The predicted octanol–water partition coefficient (Wildman–Crippen LogP) is 4.97. The fourth-order valence-corrected chi connectivity index (χ4v) is 6.09. The molecule has 0 aliphatic carbocycles. The third kappa shape index (κ3) is 7.22. The molecule has 2 aliphatic heterocycles. The molecular weight excluding hydrogens is 474 g/mol. The van der Waals surface area contributed by atoms with Crippen molar-refractivity contribution >= 4 is 5.91 Å². The van der Waals surface area contributed by atoms with Crippen LogP contribution in [0.15, 0.2) is 67.5 Å². The smallest absolute Gasteiger partial charge is 0.222 e. The lowest BCUT2D eigenvalue weighted by Gasteiger charge is -2.45. The molecule has 38 heavy (non-hydrogen) atoms. The predicted molar refractivity (Wildman–Crippen MR) is 149 cm³/mol. The van der Waals surface area contributed by atoms with Crippen molar-refractivity contribution in [3.8, 4) is 5.75 Å². The number of ether oxygens (including phenoxy) is 1. The van der Waals surface area contributed by atoms with Crippen molar-refractivity contribution in [2.45, 2.75) is 64.5 Å². The molecule has 0 unspecified atom stereocenters. The number of hydrogen-bond donors (Lipinski definition) is 0. The van der Waals surface area contributed by atoms with Crippen LogP contribution in [0, 0.1) is 5.41 Å². The number of hydrogen-bond acceptors (Lipinski definition) is 5. The summed E-state index contributed by atoms with van der Waals surface area (Å²) in [4.78, 5) is 26.0. The summed E-state index contributed by atoms with van der Waals surface area (Å²) in [6, 6.07) is 12.7. The number of pyridine rings is 1. The van der Waals surface area contributed by atoms with Gasteiger partial charge >= 0.3 is 0 Å². The summed E-state index contributed by atoms with van der Waals surface area (Å²) in [5.74, 6) is 1.33. The van der Waals surface area contributed by atoms with Crippen LogP contribution < -0.4 is 4.74 Å². The van der Waals surface area contributed by atoms with Crippen molar-refractivity contribution in [2.24, 2.45) is 5.41 Å². The van der Waals surface area contributed by atoms with Crippen molar-refractivity contribution in [3.63, 3.8) is 0 Å². The normalized spacial score (nSPS) is 18.7. The number of aromatic nitrogens is 3. The summed E-state index contributed by atoms with van der Waals surface area (Å²) in [5, 5.41) is 0. The highest BCUT2D eigenvalue weighted by molar-refractivity contribution is 5.76. The first-order chi connectivity index (χ1) is 18.7. The van der Waals surface area contributed by atoms with E-state index in [2.05, 4.69) is 56.2 Å². The Labute approximate surface area is 226 Å². The molecule has 4 heterocycles. The lowest BCUT2D eigenvalue weighted by Crippen LogP contribution is -2.48. The van der Waals surface area contributed by atoms with Gasteiger partial charge in [-0.15, -0.1) is 0 Å². The minimum absolute atomic E-state index is 0.235. The molecular formula is C31H41N5O2. The average molecular weight is 516 g/mol. The first-order valence-electron chi connectivity index (χ1n) is 14.2. The van der Waals surface area contributed by atoms with Gasteiger partial charge in [0.2, 0.25) is 5.91 Å². The Morgan fingerprint density at radius 2 is 1.79 bits per heavy atom. The second kappa shape index (κ2) is 13.1. The lowest BCUT2D eigenvalue weighted by molar-refractivity contribution is -0.134. The van der Waals surface area contributed by atoms with Crippen LogP contribution in [0.2, 0.25) is 0 Å². The Bertz CT molecular complexity index is 1130. The lowest BCUT2D eigenvalue weighted by atomic mass is 9.73. The third-order valence-corrected chi connectivity index (χ3v) is 8.30. The molecule has 1 amide bonds. The zero-order valence-electron chi connectivity index (χ0n) is 22.5. The van der Waals surface area contributed by atoms with Crippen LogP contribution in [0.3, 0.4) is 0 Å². The Morgan fingerprint density at radius 3 is 2.61 bits per heavy atom. The first-order valence-corrected chi connectivity index (χ1v) is 14.2. The van der Waals surface area contributed by atoms with E-state index in [9.17, 15) is 4.79 Å². The molecule has 0 N–H and O–H groups in total. The topological polar surface area (TPSA) is 63.5 Å². The molecule has 2 aromatic heterocycles. The summed E-state index contributed by atoms with van der Waals surface area (Å²) in [5.41, 5.74) is 2.84. The molecule has 0 bridgehead atoms. The van der Waals surface area contributed by atoms with E-state index in [1.54, 1.807) is 6.20 Å². The number of carbonyl (C=O) groups excluding carboxylic acids is 1. The highest BCUT2D eigenvalue weighted by Gasteiger charge is 2.37. The first kappa shape index (κ1) is 26.4. The van der Waals surface area contributed by atoms with Gasteiger partial charge in [0.15, 0.2) is 0 Å².